The van der Waals surface area contributed by atoms with E-state index in [1.165, 1.54) is 5.56 Å². The summed E-state index contributed by atoms with van der Waals surface area (Å²) < 4.78 is 6.75. The highest BCUT2D eigenvalue weighted by Crippen LogP contribution is 2.37. The fourth-order valence-corrected chi connectivity index (χ4v) is 2.99. The molecular formula is C16H20N4O2. The molecule has 0 radical (unpaired) electrons. The number of aryl methyl sites for hydroxylation is 1. The third-order valence-corrected chi connectivity index (χ3v) is 4.11. The van der Waals surface area contributed by atoms with E-state index in [9.17, 15) is 4.79 Å². The van der Waals surface area contributed by atoms with Gasteiger partial charge in [0.15, 0.2) is 5.69 Å². The van der Waals surface area contributed by atoms with Crippen LogP contribution in [0.2, 0.25) is 0 Å². The second-order valence-electron chi connectivity index (χ2n) is 5.56. The first kappa shape index (κ1) is 14.7. The summed E-state index contributed by atoms with van der Waals surface area (Å²) in [6.07, 6.45) is 3.56. The van der Waals surface area contributed by atoms with Crippen molar-refractivity contribution in [2.24, 2.45) is 7.05 Å². The van der Waals surface area contributed by atoms with Crippen LogP contribution in [0, 0.1) is 0 Å². The van der Waals surface area contributed by atoms with Gasteiger partial charge in [0, 0.05) is 33.0 Å². The largest absolute Gasteiger partial charge is 0.385 e. The molecule has 1 aliphatic heterocycles. The fourth-order valence-electron chi connectivity index (χ4n) is 2.99. The molecule has 116 valence electrons. The van der Waals surface area contributed by atoms with E-state index in [0.717, 1.165) is 25.1 Å². The lowest BCUT2D eigenvalue weighted by molar-refractivity contribution is 0.0978. The maximum Gasteiger partial charge on any atom is 0.280 e. The maximum atomic E-state index is 12.7. The predicted octanol–water partition coefficient (Wildman–Crippen LogP) is 1.99. The van der Waals surface area contributed by atoms with Crippen LogP contribution in [0.25, 0.3) is 0 Å². The summed E-state index contributed by atoms with van der Waals surface area (Å²) in [4.78, 5) is 14.5. The molecule has 0 saturated heterocycles. The molecule has 0 saturated carbocycles. The lowest BCUT2D eigenvalue weighted by Gasteiger charge is -2.34. The Kier molecular flexibility index (Phi) is 4.20. The van der Waals surface area contributed by atoms with Crippen LogP contribution in [0.4, 0.5) is 5.69 Å². The third kappa shape index (κ3) is 2.74. The van der Waals surface area contributed by atoms with Crippen molar-refractivity contribution in [3.05, 3.63) is 41.7 Å². The van der Waals surface area contributed by atoms with E-state index in [1.54, 1.807) is 25.0 Å². The molecule has 1 aromatic carbocycles. The van der Waals surface area contributed by atoms with Gasteiger partial charge in [0.2, 0.25) is 0 Å². The van der Waals surface area contributed by atoms with E-state index in [2.05, 4.69) is 16.4 Å². The number of methoxy groups -OCH3 is 1. The number of carbonyl (C=O) groups is 1. The van der Waals surface area contributed by atoms with Gasteiger partial charge in [-0.1, -0.05) is 23.4 Å². The predicted molar refractivity (Wildman–Crippen MR) is 83.0 cm³/mol. The van der Waals surface area contributed by atoms with E-state index < -0.39 is 0 Å². The minimum Gasteiger partial charge on any atom is -0.385 e. The van der Waals surface area contributed by atoms with Crippen molar-refractivity contribution in [2.45, 2.75) is 18.8 Å². The molecule has 1 aromatic heterocycles. The van der Waals surface area contributed by atoms with Gasteiger partial charge in [0.1, 0.15) is 0 Å². The number of nitrogens with zero attached hydrogens (tertiary/aromatic N) is 4. The Balaban J connectivity index is 1.89. The van der Waals surface area contributed by atoms with Crippen LogP contribution in [-0.2, 0) is 11.8 Å². The summed E-state index contributed by atoms with van der Waals surface area (Å²) in [7, 11) is 3.48. The van der Waals surface area contributed by atoms with Gasteiger partial charge < -0.3 is 9.64 Å². The van der Waals surface area contributed by atoms with Gasteiger partial charge >= 0.3 is 0 Å². The molecule has 6 nitrogen and oxygen atoms in total. The molecule has 1 atom stereocenters. The Labute approximate surface area is 129 Å². The highest BCUT2D eigenvalue weighted by molar-refractivity contribution is 6.05. The summed E-state index contributed by atoms with van der Waals surface area (Å²) in [6, 6.07) is 8.09. The average molecular weight is 300 g/mol. The van der Waals surface area contributed by atoms with E-state index in [1.807, 2.05) is 23.1 Å². The molecule has 0 spiro atoms. The Morgan fingerprint density at radius 3 is 2.95 bits per heavy atom. The fraction of sp³-hybridized carbons (Fsp3) is 0.438. The van der Waals surface area contributed by atoms with Crippen molar-refractivity contribution in [2.75, 3.05) is 25.2 Å². The van der Waals surface area contributed by atoms with Gasteiger partial charge in [-0.05, 0) is 30.4 Å². The van der Waals surface area contributed by atoms with Gasteiger partial charge in [-0.25, -0.2) is 0 Å². The van der Waals surface area contributed by atoms with E-state index in [-0.39, 0.29) is 5.91 Å². The van der Waals surface area contributed by atoms with Crippen molar-refractivity contribution in [3.8, 4) is 0 Å². The van der Waals surface area contributed by atoms with E-state index in [4.69, 9.17) is 4.74 Å². The van der Waals surface area contributed by atoms with Crippen LogP contribution in [0.1, 0.15) is 34.8 Å². The van der Waals surface area contributed by atoms with Crippen LogP contribution >= 0.6 is 0 Å². The first-order chi connectivity index (χ1) is 10.7. The first-order valence-corrected chi connectivity index (χ1v) is 7.46. The molecule has 6 heteroatoms. The van der Waals surface area contributed by atoms with Gasteiger partial charge in [0.25, 0.3) is 5.91 Å². The smallest absolute Gasteiger partial charge is 0.280 e. The molecule has 1 unspecified atom stereocenters. The van der Waals surface area contributed by atoms with E-state index >= 15 is 0 Å². The van der Waals surface area contributed by atoms with Crippen LogP contribution < -0.4 is 4.90 Å². The number of benzene rings is 1. The highest BCUT2D eigenvalue weighted by atomic mass is 16.5. The molecule has 2 heterocycles. The number of rotatable bonds is 4. The Morgan fingerprint density at radius 1 is 1.41 bits per heavy atom. The maximum absolute atomic E-state index is 12.7. The number of amides is 1. The molecule has 0 aliphatic carbocycles. The Hall–Kier alpha value is -2.21. The summed E-state index contributed by atoms with van der Waals surface area (Å²) in [5.41, 5.74) is 2.57. The topological polar surface area (TPSA) is 60.2 Å². The monoisotopic (exact) mass is 300 g/mol. The first-order valence-electron chi connectivity index (χ1n) is 7.46. The number of aromatic nitrogens is 3. The summed E-state index contributed by atoms with van der Waals surface area (Å²) in [6.45, 7) is 1.43. The minimum atomic E-state index is -0.0919. The zero-order chi connectivity index (χ0) is 15.5. The second-order valence-corrected chi connectivity index (χ2v) is 5.56. The van der Waals surface area contributed by atoms with Gasteiger partial charge in [-0.3, -0.25) is 9.48 Å². The summed E-state index contributed by atoms with van der Waals surface area (Å²) in [5.74, 6) is 0.341. The minimum absolute atomic E-state index is 0.0919. The number of hydrogen-bond donors (Lipinski definition) is 0. The highest BCUT2D eigenvalue weighted by Gasteiger charge is 2.29. The standard InChI is InChI=1S/C16H20N4O2/c1-19-11-14(17-18-19)16(21)20-9-7-12(8-10-22-2)13-5-3-4-6-15(13)20/h3-6,11-12H,7-10H2,1-2H3. The van der Waals surface area contributed by atoms with Crippen LogP contribution in [0.3, 0.4) is 0 Å². The van der Waals surface area contributed by atoms with Crippen molar-refractivity contribution < 1.29 is 9.53 Å². The van der Waals surface area contributed by atoms with E-state index in [0.29, 0.717) is 18.2 Å². The second kappa shape index (κ2) is 6.27. The van der Waals surface area contributed by atoms with Crippen LogP contribution in [0.5, 0.6) is 0 Å². The third-order valence-electron chi connectivity index (χ3n) is 4.11. The molecule has 0 fully saturated rings. The normalized spacial score (nSPS) is 17.4. The molecule has 0 bridgehead atoms. The number of hydrogen-bond acceptors (Lipinski definition) is 4. The molecule has 0 N–H and O–H groups in total. The average Bonchev–Trinajstić information content (AvgIpc) is 2.98. The summed E-state index contributed by atoms with van der Waals surface area (Å²) >= 11 is 0. The number of anilines is 1. The molecule has 1 amide bonds. The van der Waals surface area contributed by atoms with Crippen molar-refractivity contribution in [1.82, 2.24) is 15.0 Å². The lowest BCUT2D eigenvalue weighted by atomic mass is 9.87. The van der Waals surface area contributed by atoms with Gasteiger partial charge in [-0.2, -0.15) is 0 Å². The summed E-state index contributed by atoms with van der Waals surface area (Å²) in [5, 5.41) is 7.78. The molecule has 2 aromatic rings. The zero-order valence-corrected chi connectivity index (χ0v) is 12.9. The van der Waals surface area contributed by atoms with Crippen LogP contribution in [-0.4, -0.2) is 41.2 Å². The number of fused-ring (bicyclic) bond motifs is 1. The van der Waals surface area contributed by atoms with Gasteiger partial charge in [-0.15, -0.1) is 5.10 Å². The number of ether oxygens (including phenoxy) is 1. The number of carbonyl (C=O) groups excluding carboxylic acids is 1. The molecule has 22 heavy (non-hydrogen) atoms. The molecule has 3 rings (SSSR count). The SMILES string of the molecule is COCCC1CCN(C(=O)c2cn(C)nn2)c2ccccc21. The quantitative estimate of drug-likeness (QED) is 0.866. The Morgan fingerprint density at radius 2 is 2.23 bits per heavy atom. The number of para-hydroxylation sites is 1. The lowest BCUT2D eigenvalue weighted by Crippen LogP contribution is -2.37. The molecule has 1 aliphatic rings. The Bertz CT molecular complexity index is 668. The van der Waals surface area contributed by atoms with Crippen molar-refractivity contribution in [3.63, 3.8) is 0 Å². The van der Waals surface area contributed by atoms with Gasteiger partial charge in [0.05, 0.1) is 6.20 Å². The van der Waals surface area contributed by atoms with Crippen molar-refractivity contribution >= 4 is 11.6 Å². The van der Waals surface area contributed by atoms with Crippen LogP contribution in [0.15, 0.2) is 30.5 Å². The zero-order valence-electron chi connectivity index (χ0n) is 12.9. The van der Waals surface area contributed by atoms with Crippen molar-refractivity contribution in [1.29, 1.82) is 0 Å². The molecular weight excluding hydrogens is 280 g/mol.